The molecule has 7 nitrogen and oxygen atoms in total. The molecule has 122 valence electrons. The minimum absolute atomic E-state index is 0.00252. The predicted octanol–water partition coefficient (Wildman–Crippen LogP) is 0.663. The Bertz CT molecular complexity index is 979. The van der Waals surface area contributed by atoms with E-state index in [-0.39, 0.29) is 12.1 Å². The van der Waals surface area contributed by atoms with Crippen LogP contribution in [-0.2, 0) is 24.2 Å². The van der Waals surface area contributed by atoms with Crippen molar-refractivity contribution >= 4 is 5.97 Å². The minimum atomic E-state index is -0.584. The van der Waals surface area contributed by atoms with Crippen LogP contribution in [-0.4, -0.2) is 22.2 Å². The molecule has 0 radical (unpaired) electrons. The van der Waals surface area contributed by atoms with Crippen LogP contribution in [0, 0.1) is 11.3 Å². The zero-order valence-corrected chi connectivity index (χ0v) is 13.1. The average Bonchev–Trinajstić information content (AvgIpc) is 3.08. The largest absolute Gasteiger partial charge is 0.465 e. The van der Waals surface area contributed by atoms with E-state index in [1.807, 2.05) is 6.07 Å². The first-order chi connectivity index (χ1) is 11.6. The van der Waals surface area contributed by atoms with Gasteiger partial charge < -0.3 is 4.74 Å². The zero-order chi connectivity index (χ0) is 17.3. The lowest BCUT2D eigenvalue weighted by Gasteiger charge is -2.11. The van der Waals surface area contributed by atoms with E-state index >= 15 is 0 Å². The first kappa shape index (κ1) is 15.7. The van der Waals surface area contributed by atoms with Crippen molar-refractivity contribution in [1.29, 1.82) is 5.26 Å². The SMILES string of the molecule is COC(=O)c1cccc(Cn2c(=O)c(C#N)c3n(c2=O)CCC3)c1. The summed E-state index contributed by atoms with van der Waals surface area (Å²) in [6.45, 7) is 0.503. The van der Waals surface area contributed by atoms with Gasteiger partial charge in [0.15, 0.2) is 0 Å². The Kier molecular flexibility index (Phi) is 4.04. The van der Waals surface area contributed by atoms with Crippen molar-refractivity contribution in [2.24, 2.45) is 0 Å². The third-order valence-electron chi connectivity index (χ3n) is 4.13. The van der Waals surface area contributed by atoms with Crippen molar-refractivity contribution in [3.8, 4) is 6.07 Å². The van der Waals surface area contributed by atoms with Crippen LogP contribution < -0.4 is 11.2 Å². The summed E-state index contributed by atoms with van der Waals surface area (Å²) in [5.74, 6) is -0.493. The Balaban J connectivity index is 2.09. The number of fused-ring (bicyclic) bond motifs is 1. The smallest absolute Gasteiger partial charge is 0.337 e. The minimum Gasteiger partial charge on any atom is -0.465 e. The zero-order valence-electron chi connectivity index (χ0n) is 13.1. The number of benzene rings is 1. The Morgan fingerprint density at radius 3 is 2.88 bits per heavy atom. The van der Waals surface area contributed by atoms with Gasteiger partial charge in [-0.1, -0.05) is 12.1 Å². The number of nitriles is 1. The van der Waals surface area contributed by atoms with Gasteiger partial charge in [-0.15, -0.1) is 0 Å². The second kappa shape index (κ2) is 6.16. The van der Waals surface area contributed by atoms with E-state index in [1.165, 1.54) is 11.7 Å². The van der Waals surface area contributed by atoms with Gasteiger partial charge in [0, 0.05) is 12.2 Å². The Hall–Kier alpha value is -3.14. The van der Waals surface area contributed by atoms with Gasteiger partial charge in [-0.3, -0.25) is 13.9 Å². The van der Waals surface area contributed by atoms with Gasteiger partial charge in [0.25, 0.3) is 5.56 Å². The summed E-state index contributed by atoms with van der Waals surface area (Å²) < 4.78 is 7.21. The quantitative estimate of drug-likeness (QED) is 0.773. The van der Waals surface area contributed by atoms with Crippen molar-refractivity contribution in [1.82, 2.24) is 9.13 Å². The van der Waals surface area contributed by atoms with Crippen LogP contribution in [0.5, 0.6) is 0 Å². The monoisotopic (exact) mass is 325 g/mol. The Morgan fingerprint density at radius 1 is 1.38 bits per heavy atom. The number of esters is 1. The molecule has 1 aromatic carbocycles. The maximum absolute atomic E-state index is 12.6. The molecular formula is C17H15N3O4. The molecule has 0 N–H and O–H groups in total. The van der Waals surface area contributed by atoms with E-state index < -0.39 is 17.2 Å². The van der Waals surface area contributed by atoms with Crippen LogP contribution in [0.15, 0.2) is 33.9 Å². The molecule has 0 aliphatic carbocycles. The molecule has 2 heterocycles. The number of hydrogen-bond donors (Lipinski definition) is 0. The fourth-order valence-electron chi connectivity index (χ4n) is 2.99. The number of aromatic nitrogens is 2. The molecule has 2 aromatic rings. The standard InChI is InChI=1S/C17H15N3O4/c1-24-16(22)12-5-2-4-11(8-12)10-20-15(21)13(9-18)14-6-3-7-19(14)17(20)23/h2,4-5,8H,3,6-7,10H2,1H3. The maximum Gasteiger partial charge on any atom is 0.337 e. The van der Waals surface area contributed by atoms with Crippen LogP contribution in [0.25, 0.3) is 0 Å². The number of methoxy groups -OCH3 is 1. The third kappa shape index (κ3) is 2.52. The molecule has 24 heavy (non-hydrogen) atoms. The third-order valence-corrected chi connectivity index (χ3v) is 4.13. The molecule has 1 aliphatic heterocycles. The number of ether oxygens (including phenoxy) is 1. The molecule has 0 spiro atoms. The highest BCUT2D eigenvalue weighted by atomic mass is 16.5. The second-order valence-corrected chi connectivity index (χ2v) is 5.55. The van der Waals surface area contributed by atoms with Crippen molar-refractivity contribution in [3.63, 3.8) is 0 Å². The summed E-state index contributed by atoms with van der Waals surface area (Å²) in [6, 6.07) is 8.45. The highest BCUT2D eigenvalue weighted by Gasteiger charge is 2.22. The van der Waals surface area contributed by atoms with Crippen molar-refractivity contribution in [3.05, 3.63) is 67.5 Å². The molecule has 0 atom stereocenters. The molecule has 3 rings (SSSR count). The van der Waals surface area contributed by atoms with Gasteiger partial charge in [0.05, 0.1) is 19.2 Å². The number of rotatable bonds is 3. The van der Waals surface area contributed by atoms with Gasteiger partial charge in [0.1, 0.15) is 11.6 Å². The summed E-state index contributed by atoms with van der Waals surface area (Å²) in [5, 5.41) is 9.27. The molecule has 1 aromatic heterocycles. The number of hydrogen-bond acceptors (Lipinski definition) is 5. The summed E-state index contributed by atoms with van der Waals surface area (Å²) in [7, 11) is 1.28. The lowest BCUT2D eigenvalue weighted by Crippen LogP contribution is -2.41. The summed E-state index contributed by atoms with van der Waals surface area (Å²) >= 11 is 0. The van der Waals surface area contributed by atoms with E-state index in [9.17, 15) is 19.6 Å². The van der Waals surface area contributed by atoms with Crippen molar-refractivity contribution < 1.29 is 9.53 Å². The van der Waals surface area contributed by atoms with Gasteiger partial charge >= 0.3 is 11.7 Å². The van der Waals surface area contributed by atoms with Crippen LogP contribution in [0.3, 0.4) is 0 Å². The molecule has 0 saturated heterocycles. The predicted molar refractivity (Wildman–Crippen MR) is 84.9 cm³/mol. The highest BCUT2D eigenvalue weighted by molar-refractivity contribution is 5.89. The maximum atomic E-state index is 12.6. The fourth-order valence-corrected chi connectivity index (χ4v) is 2.99. The van der Waals surface area contributed by atoms with Crippen LogP contribution in [0.4, 0.5) is 0 Å². The van der Waals surface area contributed by atoms with Gasteiger partial charge in [-0.2, -0.15) is 5.26 Å². The van der Waals surface area contributed by atoms with E-state index in [0.717, 1.165) is 11.0 Å². The molecule has 0 saturated carbocycles. The Labute approximate surface area is 137 Å². The second-order valence-electron chi connectivity index (χ2n) is 5.55. The average molecular weight is 325 g/mol. The van der Waals surface area contributed by atoms with Crippen LogP contribution >= 0.6 is 0 Å². The lowest BCUT2D eigenvalue weighted by atomic mass is 10.1. The molecule has 0 bridgehead atoms. The van der Waals surface area contributed by atoms with E-state index in [4.69, 9.17) is 0 Å². The first-order valence-electron chi connectivity index (χ1n) is 7.50. The van der Waals surface area contributed by atoms with E-state index in [1.54, 1.807) is 24.3 Å². The first-order valence-corrected chi connectivity index (χ1v) is 7.50. The summed E-state index contributed by atoms with van der Waals surface area (Å²) in [4.78, 5) is 36.7. The number of carbonyl (C=O) groups is 1. The van der Waals surface area contributed by atoms with Gasteiger partial charge in [-0.25, -0.2) is 9.59 Å². The van der Waals surface area contributed by atoms with Crippen molar-refractivity contribution in [2.75, 3.05) is 7.11 Å². The molecule has 0 amide bonds. The molecule has 0 fully saturated rings. The van der Waals surface area contributed by atoms with Crippen LogP contribution in [0.2, 0.25) is 0 Å². The molecular weight excluding hydrogens is 310 g/mol. The van der Waals surface area contributed by atoms with Crippen molar-refractivity contribution in [2.45, 2.75) is 25.9 Å². The van der Waals surface area contributed by atoms with E-state index in [0.29, 0.717) is 29.8 Å². The fraction of sp³-hybridized carbons (Fsp3) is 0.294. The van der Waals surface area contributed by atoms with Gasteiger partial charge in [-0.05, 0) is 30.5 Å². The highest BCUT2D eigenvalue weighted by Crippen LogP contribution is 2.14. The molecule has 1 aliphatic rings. The summed E-state index contributed by atoms with van der Waals surface area (Å²) in [6.07, 6.45) is 1.30. The summed E-state index contributed by atoms with van der Waals surface area (Å²) in [5.41, 5.74) is 0.488. The van der Waals surface area contributed by atoms with Crippen LogP contribution in [0.1, 0.15) is 33.6 Å². The Morgan fingerprint density at radius 2 is 2.17 bits per heavy atom. The topological polar surface area (TPSA) is 94.1 Å². The number of carbonyl (C=O) groups excluding carboxylic acids is 1. The lowest BCUT2D eigenvalue weighted by molar-refractivity contribution is 0.0600. The van der Waals surface area contributed by atoms with Gasteiger partial charge in [0.2, 0.25) is 0 Å². The molecule has 7 heteroatoms. The normalized spacial score (nSPS) is 12.5. The number of nitrogens with zero attached hydrogens (tertiary/aromatic N) is 3. The van der Waals surface area contributed by atoms with E-state index in [2.05, 4.69) is 4.74 Å². The molecule has 0 unspecified atom stereocenters.